The third kappa shape index (κ3) is 6.49. The molecule has 0 unspecified atom stereocenters. The van der Waals surface area contributed by atoms with Crippen molar-refractivity contribution in [3.05, 3.63) is 27.7 Å². The highest BCUT2D eigenvalue weighted by Crippen LogP contribution is 2.25. The Morgan fingerprint density at radius 1 is 1.24 bits per heavy atom. The molecule has 2 amide bonds. The predicted molar refractivity (Wildman–Crippen MR) is 102 cm³/mol. The van der Waals surface area contributed by atoms with Gasteiger partial charge in [0, 0.05) is 30.7 Å². The van der Waals surface area contributed by atoms with Gasteiger partial charge < -0.3 is 15.0 Å². The summed E-state index contributed by atoms with van der Waals surface area (Å²) < 4.78 is 6.22. The first-order valence-electron chi connectivity index (χ1n) is 8.09. The van der Waals surface area contributed by atoms with Crippen molar-refractivity contribution < 1.29 is 14.3 Å². The number of halogens is 2. The van der Waals surface area contributed by atoms with Crippen LogP contribution in [0.2, 0.25) is 5.02 Å². The number of nitrogens with one attached hydrogen (secondary N) is 1. The highest BCUT2D eigenvalue weighted by molar-refractivity contribution is 9.10. The molecule has 8 heteroatoms. The molecule has 0 radical (unpaired) electrons. The molecule has 1 saturated heterocycles. The van der Waals surface area contributed by atoms with Crippen molar-refractivity contribution in [2.24, 2.45) is 0 Å². The summed E-state index contributed by atoms with van der Waals surface area (Å²) in [5.74, 6) is -0.130. The molecule has 0 aromatic heterocycles. The van der Waals surface area contributed by atoms with E-state index < -0.39 is 5.60 Å². The minimum Gasteiger partial charge on any atom is -0.444 e. The largest absolute Gasteiger partial charge is 0.444 e. The van der Waals surface area contributed by atoms with Gasteiger partial charge in [-0.2, -0.15) is 0 Å². The van der Waals surface area contributed by atoms with E-state index in [9.17, 15) is 9.59 Å². The van der Waals surface area contributed by atoms with Gasteiger partial charge in [-0.3, -0.25) is 9.69 Å². The zero-order chi connectivity index (χ0) is 18.6. The second-order valence-electron chi connectivity index (χ2n) is 6.92. The Morgan fingerprint density at radius 3 is 2.44 bits per heavy atom. The molecule has 1 aliphatic rings. The normalized spacial score (nSPS) is 15.8. The number of benzene rings is 1. The number of anilines is 1. The average Bonchev–Trinajstić information content (AvgIpc) is 2.49. The van der Waals surface area contributed by atoms with E-state index in [1.165, 1.54) is 0 Å². The van der Waals surface area contributed by atoms with Gasteiger partial charge in [-0.15, -0.1) is 0 Å². The van der Waals surface area contributed by atoms with Crippen molar-refractivity contribution in [3.63, 3.8) is 0 Å². The van der Waals surface area contributed by atoms with Gasteiger partial charge in [0.15, 0.2) is 0 Å². The molecule has 1 aromatic carbocycles. The quantitative estimate of drug-likeness (QED) is 0.793. The van der Waals surface area contributed by atoms with Gasteiger partial charge in [0.2, 0.25) is 5.91 Å². The fourth-order valence-electron chi connectivity index (χ4n) is 2.40. The van der Waals surface area contributed by atoms with Gasteiger partial charge in [0.05, 0.1) is 17.3 Å². The van der Waals surface area contributed by atoms with E-state index in [0.29, 0.717) is 36.9 Å². The van der Waals surface area contributed by atoms with Crippen LogP contribution in [0.3, 0.4) is 0 Å². The zero-order valence-corrected chi connectivity index (χ0v) is 17.0. The van der Waals surface area contributed by atoms with Crippen LogP contribution in [0.15, 0.2) is 22.7 Å². The molecule has 2 rings (SSSR count). The molecule has 1 heterocycles. The fourth-order valence-corrected chi connectivity index (χ4v) is 3.12. The first-order chi connectivity index (χ1) is 11.6. The van der Waals surface area contributed by atoms with Crippen LogP contribution >= 0.6 is 27.5 Å². The minimum atomic E-state index is -0.502. The maximum atomic E-state index is 12.2. The summed E-state index contributed by atoms with van der Waals surface area (Å²) in [7, 11) is 0. The summed E-state index contributed by atoms with van der Waals surface area (Å²) in [4.78, 5) is 27.9. The molecule has 1 fully saturated rings. The standard InChI is InChI=1S/C17H23BrClN3O3/c1-17(2,3)25-16(24)22-8-6-21(7-9-22)11-15(23)20-14-5-4-12(18)10-13(14)19/h4-5,10H,6-9,11H2,1-3H3,(H,20,23). The van der Waals surface area contributed by atoms with Crippen LogP contribution in [0.5, 0.6) is 0 Å². The van der Waals surface area contributed by atoms with Crippen molar-refractivity contribution in [1.29, 1.82) is 0 Å². The molecule has 0 atom stereocenters. The number of piperazine rings is 1. The van der Waals surface area contributed by atoms with E-state index in [-0.39, 0.29) is 18.5 Å². The van der Waals surface area contributed by atoms with E-state index in [1.54, 1.807) is 17.0 Å². The number of ether oxygens (including phenoxy) is 1. The van der Waals surface area contributed by atoms with Crippen molar-refractivity contribution >= 4 is 45.2 Å². The number of carbonyl (C=O) groups excluding carboxylic acids is 2. The highest BCUT2D eigenvalue weighted by Gasteiger charge is 2.26. The van der Waals surface area contributed by atoms with Gasteiger partial charge in [-0.1, -0.05) is 27.5 Å². The summed E-state index contributed by atoms with van der Waals surface area (Å²) in [5, 5.41) is 3.29. The summed E-state index contributed by atoms with van der Waals surface area (Å²) in [6, 6.07) is 5.31. The van der Waals surface area contributed by atoms with E-state index in [4.69, 9.17) is 16.3 Å². The van der Waals surface area contributed by atoms with Crippen molar-refractivity contribution in [3.8, 4) is 0 Å². The number of hydrogen-bond acceptors (Lipinski definition) is 4. The Kier molecular flexibility index (Phi) is 6.71. The lowest BCUT2D eigenvalue weighted by Crippen LogP contribution is -2.51. The predicted octanol–water partition coefficient (Wildman–Crippen LogP) is 3.59. The molecule has 0 bridgehead atoms. The van der Waals surface area contributed by atoms with Crippen LogP contribution in [-0.2, 0) is 9.53 Å². The summed E-state index contributed by atoms with van der Waals surface area (Å²) in [6.45, 7) is 8.13. The summed E-state index contributed by atoms with van der Waals surface area (Å²) >= 11 is 9.44. The maximum Gasteiger partial charge on any atom is 0.410 e. The third-order valence-electron chi connectivity index (χ3n) is 3.60. The SMILES string of the molecule is CC(C)(C)OC(=O)N1CCN(CC(=O)Nc2ccc(Br)cc2Cl)CC1. The lowest BCUT2D eigenvalue weighted by atomic mass is 10.2. The van der Waals surface area contributed by atoms with Crippen LogP contribution in [0.1, 0.15) is 20.8 Å². The molecule has 6 nitrogen and oxygen atoms in total. The van der Waals surface area contributed by atoms with Crippen LogP contribution in [0.4, 0.5) is 10.5 Å². The van der Waals surface area contributed by atoms with E-state index in [1.807, 2.05) is 31.7 Å². The molecular formula is C17H23BrClN3O3. The van der Waals surface area contributed by atoms with E-state index >= 15 is 0 Å². The van der Waals surface area contributed by atoms with Crippen molar-refractivity contribution in [1.82, 2.24) is 9.80 Å². The van der Waals surface area contributed by atoms with Crippen LogP contribution in [0, 0.1) is 0 Å². The first kappa shape index (κ1) is 20.0. The highest BCUT2D eigenvalue weighted by atomic mass is 79.9. The van der Waals surface area contributed by atoms with Crippen molar-refractivity contribution in [2.75, 3.05) is 38.0 Å². The van der Waals surface area contributed by atoms with Gasteiger partial charge >= 0.3 is 6.09 Å². The number of carbonyl (C=O) groups is 2. The maximum absolute atomic E-state index is 12.2. The molecular weight excluding hydrogens is 410 g/mol. The second-order valence-corrected chi connectivity index (χ2v) is 8.24. The van der Waals surface area contributed by atoms with Crippen LogP contribution < -0.4 is 5.32 Å². The molecule has 0 saturated carbocycles. The fraction of sp³-hybridized carbons (Fsp3) is 0.529. The Labute approximate surface area is 161 Å². The monoisotopic (exact) mass is 431 g/mol. The third-order valence-corrected chi connectivity index (χ3v) is 4.40. The smallest absolute Gasteiger partial charge is 0.410 e. The van der Waals surface area contributed by atoms with E-state index in [0.717, 1.165) is 4.47 Å². The molecule has 1 aliphatic heterocycles. The van der Waals surface area contributed by atoms with Gasteiger partial charge in [0.25, 0.3) is 0 Å². The van der Waals surface area contributed by atoms with Crippen LogP contribution in [-0.4, -0.2) is 60.1 Å². The average molecular weight is 433 g/mol. The Bertz CT molecular complexity index is 641. The summed E-state index contributed by atoms with van der Waals surface area (Å²) in [5.41, 5.74) is 0.0835. The molecule has 1 N–H and O–H groups in total. The molecule has 0 aliphatic carbocycles. The Balaban J connectivity index is 1.79. The lowest BCUT2D eigenvalue weighted by molar-refractivity contribution is -0.117. The summed E-state index contributed by atoms with van der Waals surface area (Å²) in [6.07, 6.45) is -0.307. The second kappa shape index (κ2) is 8.38. The molecule has 25 heavy (non-hydrogen) atoms. The number of rotatable bonds is 3. The Morgan fingerprint density at radius 2 is 1.88 bits per heavy atom. The van der Waals surface area contributed by atoms with E-state index in [2.05, 4.69) is 21.2 Å². The minimum absolute atomic E-state index is 0.130. The molecule has 138 valence electrons. The lowest BCUT2D eigenvalue weighted by Gasteiger charge is -2.35. The van der Waals surface area contributed by atoms with Crippen LogP contribution in [0.25, 0.3) is 0 Å². The first-order valence-corrected chi connectivity index (χ1v) is 9.26. The van der Waals surface area contributed by atoms with Gasteiger partial charge in [-0.25, -0.2) is 4.79 Å². The zero-order valence-electron chi connectivity index (χ0n) is 14.6. The van der Waals surface area contributed by atoms with Gasteiger partial charge in [-0.05, 0) is 39.0 Å². The topological polar surface area (TPSA) is 61.9 Å². The Hall–Kier alpha value is -1.31. The number of nitrogens with zero attached hydrogens (tertiary/aromatic N) is 2. The van der Waals surface area contributed by atoms with Crippen molar-refractivity contribution in [2.45, 2.75) is 26.4 Å². The molecule has 1 aromatic rings. The van der Waals surface area contributed by atoms with Gasteiger partial charge in [0.1, 0.15) is 5.60 Å². The number of amides is 2. The molecule has 0 spiro atoms. The number of hydrogen-bond donors (Lipinski definition) is 1.